The van der Waals surface area contributed by atoms with E-state index in [1.165, 1.54) is 0 Å². The summed E-state index contributed by atoms with van der Waals surface area (Å²) in [5.74, 6) is 0.992. The molecule has 3 aliphatic carbocycles. The molecule has 0 bridgehead atoms. The molecule has 3 fully saturated rings. The zero-order chi connectivity index (χ0) is 16.4. The number of nitrogens with one attached hydrogen (secondary N) is 1. The second-order valence-electron chi connectivity index (χ2n) is 8.73. The Morgan fingerprint density at radius 3 is 2.62 bits per heavy atom. The molecule has 0 spiro atoms. The lowest BCUT2D eigenvalue weighted by Gasteiger charge is -2.58. The van der Waals surface area contributed by atoms with Crippen molar-refractivity contribution < 1.29 is 14.7 Å². The van der Waals surface area contributed by atoms with Crippen LogP contribution in [0.2, 0.25) is 0 Å². The minimum absolute atomic E-state index is 0. The second-order valence-corrected chi connectivity index (χ2v) is 8.73. The van der Waals surface area contributed by atoms with Gasteiger partial charge >= 0.3 is 5.97 Å². The van der Waals surface area contributed by atoms with Crippen molar-refractivity contribution in [3.8, 4) is 0 Å². The Hall–Kier alpha value is -1.03. The van der Waals surface area contributed by atoms with Gasteiger partial charge in [-0.3, -0.25) is 9.59 Å². The first-order valence-corrected chi connectivity index (χ1v) is 9.09. The monoisotopic (exact) mass is 353 g/mol. The van der Waals surface area contributed by atoms with Crippen LogP contribution in [0.25, 0.3) is 0 Å². The summed E-state index contributed by atoms with van der Waals surface area (Å²) in [6, 6.07) is 0.252. The summed E-state index contributed by atoms with van der Waals surface area (Å²) in [4.78, 5) is 23.4. The molecule has 0 radical (unpaired) electrons. The summed E-state index contributed by atoms with van der Waals surface area (Å²) in [7, 11) is 0. The quantitative estimate of drug-likeness (QED) is 0.759. The molecule has 3 saturated carbocycles. The van der Waals surface area contributed by atoms with Crippen molar-refractivity contribution in [2.45, 2.75) is 58.4 Å². The number of halogens is 1. The number of carboxylic acids is 1. The second kappa shape index (κ2) is 5.76. The number of aliphatic carboxylic acids is 1. The van der Waals surface area contributed by atoms with Gasteiger partial charge in [-0.25, -0.2) is 0 Å². The summed E-state index contributed by atoms with van der Waals surface area (Å²) in [5, 5.41) is 12.8. The van der Waals surface area contributed by atoms with Crippen LogP contribution in [-0.2, 0) is 9.59 Å². The molecule has 1 aliphatic heterocycles. The minimum atomic E-state index is -0.599. The van der Waals surface area contributed by atoms with Crippen molar-refractivity contribution >= 4 is 24.3 Å². The van der Waals surface area contributed by atoms with E-state index in [-0.39, 0.29) is 41.1 Å². The van der Waals surface area contributed by atoms with E-state index < -0.39 is 5.97 Å². The summed E-state index contributed by atoms with van der Waals surface area (Å²) in [6.07, 6.45) is 10.0. The first-order chi connectivity index (χ1) is 10.9. The highest BCUT2D eigenvalue weighted by Gasteiger charge is 2.60. The molecule has 24 heavy (non-hydrogen) atoms. The van der Waals surface area contributed by atoms with Gasteiger partial charge in [-0.15, -0.1) is 12.4 Å². The Balaban J connectivity index is 0.00000169. The van der Waals surface area contributed by atoms with E-state index in [0.29, 0.717) is 17.8 Å². The van der Waals surface area contributed by atoms with Crippen LogP contribution in [0.15, 0.2) is 12.2 Å². The Bertz CT molecular complexity index is 591. The van der Waals surface area contributed by atoms with E-state index in [1.807, 2.05) is 0 Å². The maximum Gasteiger partial charge on any atom is 0.307 e. The SMILES string of the molecule is C[C@]12CCC3C(CC[C@H]4NC(=O)C=C[C@]34C)C1CC[C@@H]2C(=O)O.Cl. The molecule has 4 rings (SSSR count). The number of amides is 1. The first-order valence-electron chi connectivity index (χ1n) is 9.09. The van der Waals surface area contributed by atoms with E-state index in [0.717, 1.165) is 38.5 Å². The minimum Gasteiger partial charge on any atom is -0.481 e. The fraction of sp³-hybridized carbons (Fsp3) is 0.789. The van der Waals surface area contributed by atoms with Crippen LogP contribution >= 0.6 is 12.4 Å². The zero-order valence-electron chi connectivity index (χ0n) is 14.5. The molecule has 0 saturated heterocycles. The van der Waals surface area contributed by atoms with E-state index in [1.54, 1.807) is 6.08 Å². The van der Waals surface area contributed by atoms with Crippen LogP contribution in [0, 0.1) is 34.5 Å². The predicted octanol–water partition coefficient (Wildman–Crippen LogP) is 3.41. The first kappa shape index (κ1) is 17.8. The topological polar surface area (TPSA) is 66.4 Å². The molecule has 2 N–H and O–H groups in total. The molecule has 4 aliphatic rings. The largest absolute Gasteiger partial charge is 0.481 e. The smallest absolute Gasteiger partial charge is 0.307 e. The van der Waals surface area contributed by atoms with Crippen molar-refractivity contribution in [3.05, 3.63) is 12.2 Å². The summed E-state index contributed by atoms with van der Waals surface area (Å²) in [5.41, 5.74) is 0.0112. The Morgan fingerprint density at radius 1 is 1.17 bits per heavy atom. The molecule has 1 amide bonds. The molecule has 0 aromatic carbocycles. The lowest BCUT2D eigenvalue weighted by Crippen LogP contribution is -2.59. The molecule has 0 aromatic rings. The third kappa shape index (κ3) is 2.25. The zero-order valence-corrected chi connectivity index (χ0v) is 15.3. The van der Waals surface area contributed by atoms with Crippen molar-refractivity contribution in [2.24, 2.45) is 34.5 Å². The van der Waals surface area contributed by atoms with Crippen molar-refractivity contribution in [3.63, 3.8) is 0 Å². The molecule has 3 unspecified atom stereocenters. The normalized spacial score (nSPS) is 49.2. The molecular weight excluding hydrogens is 326 g/mol. The molecule has 4 nitrogen and oxygen atoms in total. The van der Waals surface area contributed by atoms with Gasteiger partial charge in [0.2, 0.25) is 5.91 Å². The van der Waals surface area contributed by atoms with E-state index in [2.05, 4.69) is 25.2 Å². The van der Waals surface area contributed by atoms with Crippen LogP contribution in [0.1, 0.15) is 52.4 Å². The highest BCUT2D eigenvalue weighted by Crippen LogP contribution is 2.64. The van der Waals surface area contributed by atoms with Gasteiger partial charge in [-0.1, -0.05) is 19.9 Å². The molecule has 5 heteroatoms. The highest BCUT2D eigenvalue weighted by molar-refractivity contribution is 5.89. The van der Waals surface area contributed by atoms with Crippen LogP contribution < -0.4 is 5.32 Å². The summed E-state index contributed by atoms with van der Waals surface area (Å²) >= 11 is 0. The van der Waals surface area contributed by atoms with Crippen molar-refractivity contribution in [1.82, 2.24) is 5.32 Å². The molecule has 134 valence electrons. The molecular formula is C19H28ClNO3. The molecule has 0 aromatic heterocycles. The van der Waals surface area contributed by atoms with Crippen LogP contribution in [-0.4, -0.2) is 23.0 Å². The van der Waals surface area contributed by atoms with Gasteiger partial charge in [0, 0.05) is 11.5 Å². The standard InChI is InChI=1S/C19H27NO3.ClH/c1-18-9-7-13-11(12(18)4-5-14(18)17(22)23)3-6-15-19(13,2)10-8-16(21)20-15;/h8,10-15H,3-7,9H2,1-2H3,(H,20,21)(H,22,23);1H/t11?,12?,13?,14-,15-,18+,19-;/m1./s1. The van der Waals surface area contributed by atoms with Gasteiger partial charge in [-0.05, 0) is 67.8 Å². The van der Waals surface area contributed by atoms with Crippen LogP contribution in [0.4, 0.5) is 0 Å². The molecule has 1 heterocycles. The fourth-order valence-corrected chi connectivity index (χ4v) is 6.74. The van der Waals surface area contributed by atoms with Crippen molar-refractivity contribution in [2.75, 3.05) is 0 Å². The van der Waals surface area contributed by atoms with Crippen molar-refractivity contribution in [1.29, 1.82) is 0 Å². The fourth-order valence-electron chi connectivity index (χ4n) is 6.74. The average Bonchev–Trinajstić information content (AvgIpc) is 2.85. The number of rotatable bonds is 1. The predicted molar refractivity (Wildman–Crippen MR) is 93.8 cm³/mol. The van der Waals surface area contributed by atoms with Gasteiger partial charge < -0.3 is 10.4 Å². The van der Waals surface area contributed by atoms with Gasteiger partial charge in [0.15, 0.2) is 0 Å². The number of carbonyl (C=O) groups is 2. The Morgan fingerprint density at radius 2 is 1.92 bits per heavy atom. The third-order valence-electron chi connectivity index (χ3n) is 7.98. The number of carboxylic acid groups (broad SMARTS) is 1. The van der Waals surface area contributed by atoms with Gasteiger partial charge in [0.25, 0.3) is 0 Å². The third-order valence-corrected chi connectivity index (χ3v) is 7.98. The van der Waals surface area contributed by atoms with E-state index >= 15 is 0 Å². The maximum atomic E-state index is 11.7. The number of hydrogen-bond donors (Lipinski definition) is 2. The van der Waals surface area contributed by atoms with E-state index in [4.69, 9.17) is 0 Å². The summed E-state index contributed by atoms with van der Waals surface area (Å²) < 4.78 is 0. The van der Waals surface area contributed by atoms with Gasteiger partial charge in [0.05, 0.1) is 5.92 Å². The Labute approximate surface area is 149 Å². The van der Waals surface area contributed by atoms with E-state index in [9.17, 15) is 14.7 Å². The highest BCUT2D eigenvalue weighted by atomic mass is 35.5. The van der Waals surface area contributed by atoms with Crippen LogP contribution in [0.5, 0.6) is 0 Å². The number of fused-ring (bicyclic) bond motifs is 5. The molecule has 7 atom stereocenters. The van der Waals surface area contributed by atoms with Crippen LogP contribution in [0.3, 0.4) is 0 Å². The number of carbonyl (C=O) groups excluding carboxylic acids is 1. The number of hydrogen-bond acceptors (Lipinski definition) is 2. The van der Waals surface area contributed by atoms with Gasteiger partial charge in [-0.2, -0.15) is 0 Å². The average molecular weight is 354 g/mol. The Kier molecular flexibility index (Phi) is 4.26. The summed E-state index contributed by atoms with van der Waals surface area (Å²) in [6.45, 7) is 4.53. The van der Waals surface area contributed by atoms with Gasteiger partial charge in [0.1, 0.15) is 0 Å². The lowest BCUT2D eigenvalue weighted by atomic mass is 9.48. The maximum absolute atomic E-state index is 11.7. The lowest BCUT2D eigenvalue weighted by molar-refractivity contribution is -0.150.